The van der Waals surface area contributed by atoms with E-state index in [0.29, 0.717) is 0 Å². The molecular formula is C6H9BrO4. The number of aliphatic carboxylic acids is 1. The molecule has 0 aliphatic heterocycles. The molecule has 2 unspecified atom stereocenters. The minimum absolute atomic E-state index is 0.483. The first-order valence-electron chi connectivity index (χ1n) is 2.99. The van der Waals surface area contributed by atoms with E-state index in [-0.39, 0.29) is 0 Å². The average Bonchev–Trinajstić information content (AvgIpc) is 1.84. The van der Waals surface area contributed by atoms with E-state index in [1.165, 1.54) is 13.8 Å². The Morgan fingerprint density at radius 2 is 2.00 bits per heavy atom. The van der Waals surface area contributed by atoms with E-state index in [4.69, 9.17) is 5.11 Å². The Labute approximate surface area is 72.7 Å². The van der Waals surface area contributed by atoms with Crippen molar-refractivity contribution < 1.29 is 19.4 Å². The van der Waals surface area contributed by atoms with Gasteiger partial charge in [0.25, 0.3) is 0 Å². The van der Waals surface area contributed by atoms with Gasteiger partial charge in [-0.25, -0.2) is 0 Å². The number of hydrogen-bond acceptors (Lipinski definition) is 3. The van der Waals surface area contributed by atoms with E-state index in [1.807, 2.05) is 0 Å². The van der Waals surface area contributed by atoms with Crippen LogP contribution in [-0.4, -0.2) is 28.0 Å². The Morgan fingerprint density at radius 1 is 1.55 bits per heavy atom. The van der Waals surface area contributed by atoms with E-state index in [2.05, 4.69) is 20.7 Å². The van der Waals surface area contributed by atoms with Gasteiger partial charge in [-0.2, -0.15) is 0 Å². The molecule has 0 fully saturated rings. The van der Waals surface area contributed by atoms with Crippen LogP contribution in [0.15, 0.2) is 0 Å². The van der Waals surface area contributed by atoms with Gasteiger partial charge in [-0.3, -0.25) is 9.59 Å². The van der Waals surface area contributed by atoms with Crippen LogP contribution >= 0.6 is 15.9 Å². The molecular weight excluding hydrogens is 216 g/mol. The van der Waals surface area contributed by atoms with Crippen molar-refractivity contribution in [2.45, 2.75) is 24.8 Å². The largest absolute Gasteiger partial charge is 0.480 e. The number of carbonyl (C=O) groups excluding carboxylic acids is 1. The summed E-state index contributed by atoms with van der Waals surface area (Å²) in [6.07, 6.45) is -0.648. The number of ether oxygens (including phenoxy) is 1. The molecule has 0 aromatic rings. The lowest BCUT2D eigenvalue weighted by atomic mass is 10.3. The van der Waals surface area contributed by atoms with Crippen LogP contribution in [0.5, 0.6) is 0 Å². The Kier molecular flexibility index (Phi) is 4.10. The minimum atomic E-state index is -1.04. The summed E-state index contributed by atoms with van der Waals surface area (Å²) >= 11 is 2.86. The number of carbonyl (C=O) groups is 2. The maximum Gasteiger partial charge on any atom is 0.321 e. The third-order valence-electron chi connectivity index (χ3n) is 1.000. The highest BCUT2D eigenvalue weighted by Crippen LogP contribution is 2.09. The summed E-state index contributed by atoms with van der Waals surface area (Å²) in [5.41, 5.74) is 0. The minimum Gasteiger partial charge on any atom is -0.480 e. The SMILES string of the molecule is CC(=O)OC(C)C(Br)C(=O)O. The molecule has 0 saturated heterocycles. The Balaban J connectivity index is 3.92. The van der Waals surface area contributed by atoms with Crippen molar-refractivity contribution in [1.29, 1.82) is 0 Å². The molecule has 0 saturated carbocycles. The Morgan fingerprint density at radius 3 is 2.27 bits per heavy atom. The fourth-order valence-electron chi connectivity index (χ4n) is 0.522. The Hall–Kier alpha value is -0.580. The molecule has 0 heterocycles. The molecule has 2 atom stereocenters. The second-order valence-corrected chi connectivity index (χ2v) is 3.04. The molecule has 0 amide bonds. The fourth-order valence-corrected chi connectivity index (χ4v) is 0.630. The first-order valence-corrected chi connectivity index (χ1v) is 3.90. The summed E-state index contributed by atoms with van der Waals surface area (Å²) in [4.78, 5) is 19.8. The zero-order chi connectivity index (χ0) is 9.02. The second kappa shape index (κ2) is 4.33. The van der Waals surface area contributed by atoms with Gasteiger partial charge in [0.1, 0.15) is 10.9 Å². The van der Waals surface area contributed by atoms with Gasteiger partial charge in [0, 0.05) is 6.92 Å². The van der Waals surface area contributed by atoms with Gasteiger partial charge in [0.05, 0.1) is 0 Å². The van der Waals surface area contributed by atoms with Gasteiger partial charge >= 0.3 is 11.9 Å². The zero-order valence-electron chi connectivity index (χ0n) is 6.20. The van der Waals surface area contributed by atoms with Gasteiger partial charge in [0.15, 0.2) is 0 Å². The fraction of sp³-hybridized carbons (Fsp3) is 0.667. The molecule has 0 rings (SSSR count). The standard InChI is InChI=1S/C6H9BrO4/c1-3(11-4(2)8)5(7)6(9)10/h3,5H,1-2H3,(H,9,10). The molecule has 1 N–H and O–H groups in total. The van der Waals surface area contributed by atoms with Crippen molar-refractivity contribution in [3.63, 3.8) is 0 Å². The topological polar surface area (TPSA) is 63.6 Å². The number of alkyl halides is 1. The number of carboxylic acid groups (broad SMARTS) is 1. The summed E-state index contributed by atoms with van der Waals surface area (Å²) in [5.74, 6) is -1.53. The lowest BCUT2D eigenvalue weighted by Gasteiger charge is -2.13. The van der Waals surface area contributed by atoms with E-state index in [0.717, 1.165) is 0 Å². The lowest BCUT2D eigenvalue weighted by Crippen LogP contribution is -2.29. The molecule has 0 aliphatic rings. The quantitative estimate of drug-likeness (QED) is 0.569. The summed E-state index contributed by atoms with van der Waals surface area (Å²) in [5, 5.41) is 8.43. The number of hydrogen-bond donors (Lipinski definition) is 1. The van der Waals surface area contributed by atoms with E-state index >= 15 is 0 Å². The third-order valence-corrected chi connectivity index (χ3v) is 2.14. The van der Waals surface area contributed by atoms with Crippen LogP contribution in [0, 0.1) is 0 Å². The highest BCUT2D eigenvalue weighted by molar-refractivity contribution is 9.10. The van der Waals surface area contributed by atoms with Crippen LogP contribution in [0.4, 0.5) is 0 Å². The van der Waals surface area contributed by atoms with Crippen LogP contribution in [-0.2, 0) is 14.3 Å². The summed E-state index contributed by atoms with van der Waals surface area (Å²) < 4.78 is 4.61. The predicted molar refractivity (Wildman–Crippen MR) is 41.6 cm³/mol. The molecule has 11 heavy (non-hydrogen) atoms. The molecule has 64 valence electrons. The van der Waals surface area contributed by atoms with Crippen LogP contribution in [0.3, 0.4) is 0 Å². The van der Waals surface area contributed by atoms with Crippen molar-refractivity contribution in [2.24, 2.45) is 0 Å². The van der Waals surface area contributed by atoms with Gasteiger partial charge < -0.3 is 9.84 Å². The number of halogens is 1. The van der Waals surface area contributed by atoms with Crippen molar-refractivity contribution in [2.75, 3.05) is 0 Å². The van der Waals surface area contributed by atoms with Crippen molar-refractivity contribution in [1.82, 2.24) is 0 Å². The van der Waals surface area contributed by atoms with Gasteiger partial charge in [-0.15, -0.1) is 0 Å². The first-order chi connectivity index (χ1) is 4.95. The lowest BCUT2D eigenvalue weighted by molar-refractivity contribution is -0.148. The van der Waals surface area contributed by atoms with Gasteiger partial charge in [0.2, 0.25) is 0 Å². The van der Waals surface area contributed by atoms with E-state index in [9.17, 15) is 9.59 Å². The molecule has 0 aliphatic carbocycles. The monoisotopic (exact) mass is 224 g/mol. The molecule has 0 radical (unpaired) electrons. The van der Waals surface area contributed by atoms with Crippen molar-refractivity contribution in [3.8, 4) is 0 Å². The molecule has 4 nitrogen and oxygen atoms in total. The van der Waals surface area contributed by atoms with Crippen LogP contribution in [0.1, 0.15) is 13.8 Å². The second-order valence-electron chi connectivity index (χ2n) is 2.05. The highest BCUT2D eigenvalue weighted by atomic mass is 79.9. The maximum absolute atomic E-state index is 10.3. The van der Waals surface area contributed by atoms with E-state index in [1.54, 1.807) is 0 Å². The summed E-state index contributed by atoms with van der Waals surface area (Å²) in [6.45, 7) is 2.74. The van der Waals surface area contributed by atoms with Gasteiger partial charge in [-0.05, 0) is 6.92 Å². The highest BCUT2D eigenvalue weighted by Gasteiger charge is 2.23. The smallest absolute Gasteiger partial charge is 0.321 e. The Bertz CT molecular complexity index is 168. The number of rotatable bonds is 3. The van der Waals surface area contributed by atoms with Crippen LogP contribution in [0.25, 0.3) is 0 Å². The molecule has 0 aromatic heterocycles. The summed E-state index contributed by atoms with van der Waals surface area (Å²) in [7, 11) is 0. The zero-order valence-corrected chi connectivity index (χ0v) is 7.79. The molecule has 0 aromatic carbocycles. The maximum atomic E-state index is 10.3. The average molecular weight is 225 g/mol. The molecule has 0 bridgehead atoms. The number of esters is 1. The van der Waals surface area contributed by atoms with Crippen molar-refractivity contribution in [3.05, 3.63) is 0 Å². The number of carboxylic acids is 1. The van der Waals surface area contributed by atoms with Crippen molar-refractivity contribution >= 4 is 27.9 Å². The molecule has 0 spiro atoms. The van der Waals surface area contributed by atoms with Crippen LogP contribution < -0.4 is 0 Å². The normalized spacial score (nSPS) is 15.2. The predicted octanol–water partition coefficient (Wildman–Crippen LogP) is 0.786. The third kappa shape index (κ3) is 3.98. The molecule has 5 heteroatoms. The summed E-state index contributed by atoms with van der Waals surface area (Å²) in [6, 6.07) is 0. The van der Waals surface area contributed by atoms with Crippen LogP contribution in [0.2, 0.25) is 0 Å². The first kappa shape index (κ1) is 10.4. The van der Waals surface area contributed by atoms with E-state index < -0.39 is 22.9 Å². The van der Waals surface area contributed by atoms with Gasteiger partial charge in [-0.1, -0.05) is 15.9 Å².